The van der Waals surface area contributed by atoms with Crippen molar-refractivity contribution < 1.29 is 24.8 Å². The third kappa shape index (κ3) is 4.43. The average Bonchev–Trinajstić information content (AvgIpc) is 3.05. The van der Waals surface area contributed by atoms with Gasteiger partial charge < -0.3 is 24.8 Å². The molecule has 0 saturated carbocycles. The van der Waals surface area contributed by atoms with E-state index in [2.05, 4.69) is 0 Å². The lowest BCUT2D eigenvalue weighted by Gasteiger charge is -2.36. The Kier molecular flexibility index (Phi) is 5.50. The van der Waals surface area contributed by atoms with Gasteiger partial charge in [-0.05, 0) is 24.1 Å². The predicted molar refractivity (Wildman–Crippen MR) is 84.5 cm³/mol. The summed E-state index contributed by atoms with van der Waals surface area (Å²) in [5, 5.41) is 29.0. The molecule has 2 saturated heterocycles. The zero-order valence-electron chi connectivity index (χ0n) is 13.2. The van der Waals surface area contributed by atoms with Crippen molar-refractivity contribution in [1.82, 2.24) is 4.90 Å². The highest BCUT2D eigenvalue weighted by atomic mass is 16.5. The van der Waals surface area contributed by atoms with Gasteiger partial charge in [0, 0.05) is 26.1 Å². The van der Waals surface area contributed by atoms with Crippen molar-refractivity contribution in [1.29, 1.82) is 0 Å². The molecule has 0 bridgehead atoms. The van der Waals surface area contributed by atoms with Crippen LogP contribution < -0.4 is 4.74 Å². The zero-order valence-corrected chi connectivity index (χ0v) is 13.2. The van der Waals surface area contributed by atoms with E-state index in [1.54, 1.807) is 0 Å². The summed E-state index contributed by atoms with van der Waals surface area (Å²) < 4.78 is 11.1. The number of hydrogen-bond donors (Lipinski definition) is 3. The predicted octanol–water partition coefficient (Wildman–Crippen LogP) is -0.205. The first kappa shape index (κ1) is 16.7. The maximum absolute atomic E-state index is 9.71. The lowest BCUT2D eigenvalue weighted by molar-refractivity contribution is -0.109. The van der Waals surface area contributed by atoms with Gasteiger partial charge in [-0.1, -0.05) is 12.1 Å². The summed E-state index contributed by atoms with van der Waals surface area (Å²) in [4.78, 5) is 1.97. The molecule has 128 valence electrons. The summed E-state index contributed by atoms with van der Waals surface area (Å²) in [5.41, 5.74) is 1.18. The van der Waals surface area contributed by atoms with E-state index in [0.717, 1.165) is 31.7 Å². The number of piperidine rings is 1. The van der Waals surface area contributed by atoms with Crippen molar-refractivity contribution in [3.63, 3.8) is 0 Å². The van der Waals surface area contributed by atoms with Crippen LogP contribution in [-0.2, 0) is 11.2 Å². The van der Waals surface area contributed by atoms with Crippen molar-refractivity contribution in [3.8, 4) is 5.75 Å². The van der Waals surface area contributed by atoms with Crippen molar-refractivity contribution in [2.45, 2.75) is 37.3 Å². The molecule has 6 nitrogen and oxygen atoms in total. The number of benzene rings is 1. The Hall–Kier alpha value is -1.18. The zero-order chi connectivity index (χ0) is 16.2. The van der Waals surface area contributed by atoms with Gasteiger partial charge in [-0.3, -0.25) is 4.90 Å². The molecule has 6 heteroatoms. The van der Waals surface area contributed by atoms with E-state index in [9.17, 15) is 15.3 Å². The summed E-state index contributed by atoms with van der Waals surface area (Å²) in [6.45, 7) is 2.94. The molecule has 0 aromatic heterocycles. The Morgan fingerprint density at radius 3 is 2.39 bits per heavy atom. The Balaban J connectivity index is 1.46. The molecule has 2 aliphatic heterocycles. The van der Waals surface area contributed by atoms with Gasteiger partial charge in [0.05, 0.1) is 25.4 Å². The number of aliphatic hydroxyl groups excluding tert-OH is 3. The van der Waals surface area contributed by atoms with Gasteiger partial charge in [0.1, 0.15) is 18.0 Å². The first-order valence-electron chi connectivity index (χ1n) is 8.22. The van der Waals surface area contributed by atoms with Crippen molar-refractivity contribution >= 4 is 0 Å². The highest BCUT2D eigenvalue weighted by Gasteiger charge is 2.32. The molecular formula is C17H25NO5. The van der Waals surface area contributed by atoms with Crippen LogP contribution in [0.4, 0.5) is 0 Å². The number of hydrogen-bond acceptors (Lipinski definition) is 6. The second-order valence-corrected chi connectivity index (χ2v) is 6.38. The maximum atomic E-state index is 9.71. The molecule has 3 N–H and O–H groups in total. The number of ether oxygens (including phenoxy) is 2. The Morgan fingerprint density at radius 1 is 1.09 bits per heavy atom. The number of rotatable bonds is 5. The van der Waals surface area contributed by atoms with E-state index < -0.39 is 18.3 Å². The summed E-state index contributed by atoms with van der Waals surface area (Å²) in [5.74, 6) is 0.858. The van der Waals surface area contributed by atoms with Gasteiger partial charge >= 0.3 is 0 Å². The van der Waals surface area contributed by atoms with Crippen LogP contribution in [0.1, 0.15) is 12.0 Å². The van der Waals surface area contributed by atoms with Gasteiger partial charge in [-0.15, -0.1) is 0 Å². The van der Waals surface area contributed by atoms with Crippen LogP contribution in [-0.4, -0.2) is 77.5 Å². The smallest absolute Gasteiger partial charge is 0.124 e. The van der Waals surface area contributed by atoms with Crippen LogP contribution in [0.15, 0.2) is 24.3 Å². The summed E-state index contributed by atoms with van der Waals surface area (Å²) >= 11 is 0. The van der Waals surface area contributed by atoms with Crippen molar-refractivity contribution in [3.05, 3.63) is 29.8 Å². The molecule has 23 heavy (non-hydrogen) atoms. The number of β-amino-alcohol motifs (C(OH)–C–C–N with tert-alkyl or cyclic N) is 2. The molecule has 2 heterocycles. The first-order valence-corrected chi connectivity index (χ1v) is 8.22. The van der Waals surface area contributed by atoms with Crippen LogP contribution in [0.25, 0.3) is 0 Å². The van der Waals surface area contributed by atoms with Gasteiger partial charge in [-0.2, -0.15) is 0 Å². The molecule has 0 aliphatic carbocycles. The first-order chi connectivity index (χ1) is 11.1. The SMILES string of the molecule is OC1[C@H](O)CN(CCc2ccc(OC3CCOC3)cc2)C[C@@H]1O. The third-order valence-corrected chi connectivity index (χ3v) is 4.51. The maximum Gasteiger partial charge on any atom is 0.124 e. The highest BCUT2D eigenvalue weighted by Crippen LogP contribution is 2.18. The molecule has 2 aliphatic rings. The van der Waals surface area contributed by atoms with E-state index in [0.29, 0.717) is 19.7 Å². The topological polar surface area (TPSA) is 82.4 Å². The minimum absolute atomic E-state index is 0.156. The molecule has 0 amide bonds. The molecule has 1 aromatic rings. The monoisotopic (exact) mass is 323 g/mol. The summed E-state index contributed by atoms with van der Waals surface area (Å²) in [6.07, 6.45) is -0.896. The molecule has 4 atom stereocenters. The second-order valence-electron chi connectivity index (χ2n) is 6.38. The van der Waals surface area contributed by atoms with Crippen LogP contribution in [0.2, 0.25) is 0 Å². The fourth-order valence-corrected chi connectivity index (χ4v) is 3.08. The van der Waals surface area contributed by atoms with Gasteiger partial charge in [0.25, 0.3) is 0 Å². The molecule has 2 unspecified atom stereocenters. The van der Waals surface area contributed by atoms with Crippen LogP contribution >= 0.6 is 0 Å². The standard InChI is InChI=1S/C17H25NO5/c19-15-9-18(10-16(20)17(15)21)7-5-12-1-3-13(4-2-12)23-14-6-8-22-11-14/h1-4,14-17,19-21H,5-11H2/t14?,15-,16+,17?. The van der Waals surface area contributed by atoms with Crippen LogP contribution in [0.3, 0.4) is 0 Å². The molecule has 3 rings (SSSR count). The largest absolute Gasteiger partial charge is 0.488 e. The van der Waals surface area contributed by atoms with E-state index in [-0.39, 0.29) is 6.10 Å². The van der Waals surface area contributed by atoms with Crippen molar-refractivity contribution in [2.24, 2.45) is 0 Å². The molecule has 2 fully saturated rings. The average molecular weight is 323 g/mol. The van der Waals surface area contributed by atoms with E-state index >= 15 is 0 Å². The Bertz CT molecular complexity index is 476. The highest BCUT2D eigenvalue weighted by molar-refractivity contribution is 5.27. The minimum atomic E-state index is -1.04. The van der Waals surface area contributed by atoms with Gasteiger partial charge in [0.2, 0.25) is 0 Å². The lowest BCUT2D eigenvalue weighted by atomic mass is 10.0. The fourth-order valence-electron chi connectivity index (χ4n) is 3.08. The second kappa shape index (κ2) is 7.59. The van der Waals surface area contributed by atoms with Gasteiger partial charge in [-0.25, -0.2) is 0 Å². The van der Waals surface area contributed by atoms with Crippen LogP contribution in [0.5, 0.6) is 5.75 Å². The number of likely N-dealkylation sites (tertiary alicyclic amines) is 1. The van der Waals surface area contributed by atoms with E-state index in [1.165, 1.54) is 5.56 Å². The Morgan fingerprint density at radius 2 is 1.78 bits per heavy atom. The van der Waals surface area contributed by atoms with E-state index in [1.807, 2.05) is 29.2 Å². The van der Waals surface area contributed by atoms with Crippen LogP contribution in [0, 0.1) is 0 Å². The normalized spacial score (nSPS) is 32.1. The quantitative estimate of drug-likeness (QED) is 0.696. The molecule has 1 aromatic carbocycles. The fraction of sp³-hybridized carbons (Fsp3) is 0.647. The summed E-state index contributed by atoms with van der Waals surface area (Å²) in [7, 11) is 0. The molecule has 0 spiro atoms. The third-order valence-electron chi connectivity index (χ3n) is 4.51. The number of nitrogens with zero attached hydrogens (tertiary/aromatic N) is 1. The lowest BCUT2D eigenvalue weighted by Crippen LogP contribution is -2.55. The molecule has 0 radical (unpaired) electrons. The Labute approximate surface area is 136 Å². The minimum Gasteiger partial charge on any atom is -0.488 e. The van der Waals surface area contributed by atoms with Crippen molar-refractivity contribution in [2.75, 3.05) is 32.8 Å². The van der Waals surface area contributed by atoms with E-state index in [4.69, 9.17) is 9.47 Å². The summed E-state index contributed by atoms with van der Waals surface area (Å²) in [6, 6.07) is 8.02. The molecular weight excluding hydrogens is 298 g/mol. The van der Waals surface area contributed by atoms with Gasteiger partial charge in [0.15, 0.2) is 0 Å². The number of aliphatic hydroxyl groups is 3.